The lowest BCUT2D eigenvalue weighted by Crippen LogP contribution is -2.45. The van der Waals surface area contributed by atoms with E-state index >= 15 is 0 Å². The summed E-state index contributed by atoms with van der Waals surface area (Å²) >= 11 is 0. The normalized spacial score (nSPS) is 38.5. The Morgan fingerprint density at radius 3 is 2.80 bits per heavy atom. The van der Waals surface area contributed by atoms with Gasteiger partial charge in [-0.3, -0.25) is 4.79 Å². The van der Waals surface area contributed by atoms with E-state index < -0.39 is 30.1 Å². The van der Waals surface area contributed by atoms with Crippen LogP contribution in [0.5, 0.6) is 0 Å². The van der Waals surface area contributed by atoms with Gasteiger partial charge in [0.15, 0.2) is 12.3 Å². The summed E-state index contributed by atoms with van der Waals surface area (Å²) < 4.78 is 10.6. The van der Waals surface area contributed by atoms with E-state index in [-0.39, 0.29) is 5.76 Å². The summed E-state index contributed by atoms with van der Waals surface area (Å²) in [5.74, 6) is -1.17. The molecule has 2 aliphatic rings. The standard InChI is InChI=1S/C9H13NO5/c1-9(2)14-5-3-4(11)7(12)10-8(13)6(5)15-9/h3-4,6-7,11-12H,1-2H3,(H,10,13). The quantitative estimate of drug-likeness (QED) is 0.474. The molecule has 3 unspecified atom stereocenters. The third kappa shape index (κ3) is 1.83. The number of carbonyl (C=O) groups is 1. The minimum Gasteiger partial charge on any atom is -0.464 e. The van der Waals surface area contributed by atoms with Gasteiger partial charge in [-0.2, -0.15) is 0 Å². The molecule has 0 saturated carbocycles. The van der Waals surface area contributed by atoms with Gasteiger partial charge in [-0.1, -0.05) is 0 Å². The highest BCUT2D eigenvalue weighted by atomic mass is 16.7. The van der Waals surface area contributed by atoms with Crippen LogP contribution in [-0.2, 0) is 14.3 Å². The molecule has 0 aromatic rings. The second kappa shape index (κ2) is 3.19. The van der Waals surface area contributed by atoms with Crippen LogP contribution in [0.25, 0.3) is 0 Å². The molecule has 0 bridgehead atoms. The van der Waals surface area contributed by atoms with E-state index in [1.807, 2.05) is 0 Å². The highest BCUT2D eigenvalue weighted by molar-refractivity contribution is 5.84. The highest BCUT2D eigenvalue weighted by Gasteiger charge is 2.44. The lowest BCUT2D eigenvalue weighted by Gasteiger charge is -2.18. The number of aliphatic hydroxyl groups excluding tert-OH is 2. The maximum absolute atomic E-state index is 11.5. The van der Waals surface area contributed by atoms with E-state index in [0.717, 1.165) is 0 Å². The first-order valence-corrected chi connectivity index (χ1v) is 4.64. The van der Waals surface area contributed by atoms with Gasteiger partial charge in [0.2, 0.25) is 5.79 Å². The molecule has 84 valence electrons. The first-order valence-electron chi connectivity index (χ1n) is 4.64. The zero-order chi connectivity index (χ0) is 11.2. The number of hydrogen-bond donors (Lipinski definition) is 3. The van der Waals surface area contributed by atoms with Crippen LogP contribution in [0.15, 0.2) is 11.8 Å². The van der Waals surface area contributed by atoms with Crippen LogP contribution in [0.3, 0.4) is 0 Å². The average Bonchev–Trinajstić information content (AvgIpc) is 2.36. The summed E-state index contributed by atoms with van der Waals surface area (Å²) in [6, 6.07) is 0. The molecule has 15 heavy (non-hydrogen) atoms. The molecule has 1 fully saturated rings. The zero-order valence-corrected chi connectivity index (χ0v) is 8.43. The Morgan fingerprint density at radius 1 is 1.47 bits per heavy atom. The van der Waals surface area contributed by atoms with Crippen molar-refractivity contribution in [3.63, 3.8) is 0 Å². The molecule has 6 heteroatoms. The van der Waals surface area contributed by atoms with Crippen molar-refractivity contribution >= 4 is 5.91 Å². The van der Waals surface area contributed by atoms with E-state index in [0.29, 0.717) is 0 Å². The van der Waals surface area contributed by atoms with Crippen molar-refractivity contribution in [2.75, 3.05) is 0 Å². The fourth-order valence-electron chi connectivity index (χ4n) is 1.57. The Kier molecular flexibility index (Phi) is 2.22. The van der Waals surface area contributed by atoms with Gasteiger partial charge in [0, 0.05) is 13.8 Å². The number of aliphatic hydroxyl groups is 2. The molecule has 0 aromatic carbocycles. The monoisotopic (exact) mass is 215 g/mol. The number of rotatable bonds is 0. The van der Waals surface area contributed by atoms with Gasteiger partial charge in [-0.05, 0) is 6.08 Å². The molecule has 2 rings (SSSR count). The lowest BCUT2D eigenvalue weighted by molar-refractivity contribution is -0.155. The Bertz CT molecular complexity index is 324. The number of nitrogens with one attached hydrogen (secondary N) is 1. The summed E-state index contributed by atoms with van der Waals surface area (Å²) in [5.41, 5.74) is 0. The van der Waals surface area contributed by atoms with Crippen LogP contribution in [-0.4, -0.2) is 40.3 Å². The number of ether oxygens (including phenoxy) is 2. The van der Waals surface area contributed by atoms with Crippen molar-refractivity contribution < 1.29 is 24.5 Å². The molecule has 0 aromatic heterocycles. The van der Waals surface area contributed by atoms with Crippen LogP contribution in [0, 0.1) is 0 Å². The maximum Gasteiger partial charge on any atom is 0.259 e. The molecule has 0 radical (unpaired) electrons. The van der Waals surface area contributed by atoms with E-state index in [1.165, 1.54) is 6.08 Å². The summed E-state index contributed by atoms with van der Waals surface area (Å²) in [6.45, 7) is 3.33. The fraction of sp³-hybridized carbons (Fsp3) is 0.667. The van der Waals surface area contributed by atoms with E-state index in [9.17, 15) is 15.0 Å². The van der Waals surface area contributed by atoms with Crippen molar-refractivity contribution in [2.24, 2.45) is 0 Å². The van der Waals surface area contributed by atoms with Gasteiger partial charge >= 0.3 is 0 Å². The molecule has 3 atom stereocenters. The number of carbonyl (C=O) groups excluding carboxylic acids is 1. The first kappa shape index (κ1) is 10.4. The molecule has 2 heterocycles. The SMILES string of the molecule is CC1(C)OC2=CC(O)C(O)NC(=O)C2O1. The smallest absolute Gasteiger partial charge is 0.259 e. The summed E-state index contributed by atoms with van der Waals surface area (Å²) in [4.78, 5) is 11.5. The third-order valence-electron chi connectivity index (χ3n) is 2.21. The second-order valence-corrected chi connectivity index (χ2v) is 4.01. The maximum atomic E-state index is 11.5. The zero-order valence-electron chi connectivity index (χ0n) is 8.43. The molecule has 0 spiro atoms. The second-order valence-electron chi connectivity index (χ2n) is 4.01. The minimum atomic E-state index is -1.33. The molecular weight excluding hydrogens is 202 g/mol. The first-order chi connectivity index (χ1) is 6.89. The molecule has 6 nitrogen and oxygen atoms in total. The predicted octanol–water partition coefficient (Wildman–Crippen LogP) is -1.17. The van der Waals surface area contributed by atoms with Crippen LogP contribution in [0.4, 0.5) is 0 Å². The van der Waals surface area contributed by atoms with E-state index in [1.54, 1.807) is 13.8 Å². The van der Waals surface area contributed by atoms with E-state index in [2.05, 4.69) is 5.32 Å². The van der Waals surface area contributed by atoms with Crippen LogP contribution in [0.1, 0.15) is 13.8 Å². The summed E-state index contributed by atoms with van der Waals surface area (Å²) in [5, 5.41) is 20.9. The average molecular weight is 215 g/mol. The van der Waals surface area contributed by atoms with Crippen molar-refractivity contribution in [3.8, 4) is 0 Å². The Hall–Kier alpha value is -1.11. The van der Waals surface area contributed by atoms with Gasteiger partial charge in [0.25, 0.3) is 5.91 Å². The topological polar surface area (TPSA) is 88.0 Å². The van der Waals surface area contributed by atoms with Gasteiger partial charge in [-0.25, -0.2) is 0 Å². The number of fused-ring (bicyclic) bond motifs is 1. The highest BCUT2D eigenvalue weighted by Crippen LogP contribution is 2.32. The van der Waals surface area contributed by atoms with Gasteiger partial charge < -0.3 is 25.0 Å². The molecule has 1 amide bonds. The predicted molar refractivity (Wildman–Crippen MR) is 48.3 cm³/mol. The number of hydrogen-bond acceptors (Lipinski definition) is 5. The van der Waals surface area contributed by atoms with Crippen molar-refractivity contribution in [1.29, 1.82) is 0 Å². The number of amides is 1. The van der Waals surface area contributed by atoms with E-state index in [4.69, 9.17) is 9.47 Å². The molecule has 0 aliphatic carbocycles. The largest absolute Gasteiger partial charge is 0.464 e. The summed E-state index contributed by atoms with van der Waals surface area (Å²) in [6.07, 6.45) is -2.13. The van der Waals surface area contributed by atoms with Crippen LogP contribution >= 0.6 is 0 Å². The van der Waals surface area contributed by atoms with Crippen molar-refractivity contribution in [3.05, 3.63) is 11.8 Å². The van der Waals surface area contributed by atoms with Crippen molar-refractivity contribution in [2.45, 2.75) is 38.1 Å². The lowest BCUT2D eigenvalue weighted by atomic mass is 10.2. The minimum absolute atomic E-state index is 0.238. The molecular formula is C9H13NO5. The molecule has 1 saturated heterocycles. The Balaban J connectivity index is 2.31. The molecule has 2 aliphatic heterocycles. The van der Waals surface area contributed by atoms with Gasteiger partial charge in [0.05, 0.1) is 0 Å². The van der Waals surface area contributed by atoms with Crippen molar-refractivity contribution in [1.82, 2.24) is 5.32 Å². The molecule has 3 N–H and O–H groups in total. The third-order valence-corrected chi connectivity index (χ3v) is 2.21. The van der Waals surface area contributed by atoms with Gasteiger partial charge in [0.1, 0.15) is 11.9 Å². The van der Waals surface area contributed by atoms with Crippen LogP contribution in [0.2, 0.25) is 0 Å². The van der Waals surface area contributed by atoms with Crippen LogP contribution < -0.4 is 5.32 Å². The Morgan fingerprint density at radius 2 is 2.13 bits per heavy atom. The fourth-order valence-corrected chi connectivity index (χ4v) is 1.57. The van der Waals surface area contributed by atoms with Gasteiger partial charge in [-0.15, -0.1) is 0 Å². The Labute approximate surface area is 86.5 Å². The summed E-state index contributed by atoms with van der Waals surface area (Å²) in [7, 11) is 0.